The van der Waals surface area contributed by atoms with Gasteiger partial charge in [-0.1, -0.05) is 0 Å². The van der Waals surface area contributed by atoms with Gasteiger partial charge >= 0.3 is 0 Å². The van der Waals surface area contributed by atoms with Crippen LogP contribution < -0.4 is 5.73 Å². The van der Waals surface area contributed by atoms with Crippen LogP contribution in [0.4, 0.5) is 0 Å². The number of thioether (sulfide) groups is 1. The lowest BCUT2D eigenvalue weighted by Crippen LogP contribution is -1.99. The topological polar surface area (TPSA) is 51.8 Å². The predicted molar refractivity (Wildman–Crippen MR) is 71.3 cm³/mol. The van der Waals surface area contributed by atoms with Crippen LogP contribution >= 0.6 is 23.1 Å². The zero-order valence-corrected chi connectivity index (χ0v) is 11.1. The van der Waals surface area contributed by atoms with Crippen LogP contribution in [0.1, 0.15) is 16.9 Å². The molecule has 2 aromatic rings. The highest BCUT2D eigenvalue weighted by Gasteiger charge is 2.11. The number of fused-ring (bicyclic) bond motifs is 1. The number of thiophene rings is 1. The van der Waals surface area contributed by atoms with Gasteiger partial charge in [0.1, 0.15) is 16.2 Å². The molecule has 0 amide bonds. The first-order valence-corrected chi connectivity index (χ1v) is 7.08. The summed E-state index contributed by atoms with van der Waals surface area (Å²) in [5.41, 5.74) is 6.81. The van der Waals surface area contributed by atoms with Crippen LogP contribution in [0.3, 0.4) is 0 Å². The number of hydrogen-bond donors (Lipinski definition) is 1. The minimum atomic E-state index is 0.739. The molecule has 0 spiro atoms. The second-order valence-electron chi connectivity index (χ2n) is 3.63. The summed E-state index contributed by atoms with van der Waals surface area (Å²) < 4.78 is 0. The Balaban J connectivity index is 2.36. The van der Waals surface area contributed by atoms with E-state index in [1.54, 1.807) is 29.4 Å². The summed E-state index contributed by atoms with van der Waals surface area (Å²) in [4.78, 5) is 11.1. The van der Waals surface area contributed by atoms with Crippen molar-refractivity contribution in [2.45, 2.75) is 25.3 Å². The minimum Gasteiger partial charge on any atom is -0.330 e. The molecular weight excluding hydrogens is 238 g/mol. The van der Waals surface area contributed by atoms with E-state index in [0.29, 0.717) is 0 Å². The fraction of sp³-hybridized carbons (Fsp3) is 0.455. The molecule has 2 N–H and O–H groups in total. The molecule has 2 rings (SSSR count). The van der Waals surface area contributed by atoms with E-state index in [1.165, 1.54) is 15.8 Å². The standard InChI is InChI=1S/C11H15N3S2/c1-7-8(2)16-11-9(7)10(13-6-14-11)15-5-3-4-12/h6H,3-5,12H2,1-2H3. The van der Waals surface area contributed by atoms with Gasteiger partial charge in [-0.2, -0.15) is 0 Å². The van der Waals surface area contributed by atoms with Gasteiger partial charge in [-0.25, -0.2) is 9.97 Å². The van der Waals surface area contributed by atoms with Crippen LogP contribution in [0.2, 0.25) is 0 Å². The fourth-order valence-electron chi connectivity index (χ4n) is 1.51. The van der Waals surface area contributed by atoms with Gasteiger partial charge in [-0.15, -0.1) is 23.1 Å². The fourth-order valence-corrected chi connectivity index (χ4v) is 3.59. The molecule has 0 aliphatic carbocycles. The Bertz CT molecular complexity index is 493. The summed E-state index contributed by atoms with van der Waals surface area (Å²) >= 11 is 3.52. The minimum absolute atomic E-state index is 0.739. The molecular formula is C11H15N3S2. The van der Waals surface area contributed by atoms with Crippen LogP contribution in [0.5, 0.6) is 0 Å². The van der Waals surface area contributed by atoms with Crippen molar-refractivity contribution >= 4 is 33.3 Å². The van der Waals surface area contributed by atoms with E-state index in [0.717, 1.165) is 28.6 Å². The molecule has 0 unspecified atom stereocenters. The van der Waals surface area contributed by atoms with Gasteiger partial charge in [0.25, 0.3) is 0 Å². The third-order valence-corrected chi connectivity index (χ3v) is 4.71. The Labute approximate surface area is 103 Å². The maximum atomic E-state index is 5.50. The summed E-state index contributed by atoms with van der Waals surface area (Å²) in [5, 5.41) is 2.33. The van der Waals surface area contributed by atoms with Crippen molar-refractivity contribution in [1.82, 2.24) is 9.97 Å². The third-order valence-electron chi connectivity index (χ3n) is 2.52. The van der Waals surface area contributed by atoms with Crippen molar-refractivity contribution in [2.24, 2.45) is 5.73 Å². The highest BCUT2D eigenvalue weighted by molar-refractivity contribution is 7.99. The van der Waals surface area contributed by atoms with E-state index in [-0.39, 0.29) is 0 Å². The Morgan fingerprint density at radius 1 is 1.38 bits per heavy atom. The summed E-state index contributed by atoms with van der Waals surface area (Å²) in [6, 6.07) is 0. The molecule has 3 nitrogen and oxygen atoms in total. The molecule has 2 heterocycles. The molecule has 86 valence electrons. The molecule has 0 atom stereocenters. The van der Waals surface area contributed by atoms with Crippen molar-refractivity contribution in [3.8, 4) is 0 Å². The zero-order chi connectivity index (χ0) is 11.5. The van der Waals surface area contributed by atoms with Crippen molar-refractivity contribution in [1.29, 1.82) is 0 Å². The quantitative estimate of drug-likeness (QED) is 0.517. The largest absolute Gasteiger partial charge is 0.330 e. The van der Waals surface area contributed by atoms with Gasteiger partial charge < -0.3 is 5.73 Å². The summed E-state index contributed by atoms with van der Waals surface area (Å²) in [7, 11) is 0. The van der Waals surface area contributed by atoms with Crippen LogP contribution in [-0.2, 0) is 0 Å². The smallest absolute Gasteiger partial charge is 0.128 e. The van der Waals surface area contributed by atoms with E-state index >= 15 is 0 Å². The molecule has 0 radical (unpaired) electrons. The first-order chi connectivity index (χ1) is 7.74. The average molecular weight is 253 g/mol. The van der Waals surface area contributed by atoms with E-state index in [2.05, 4.69) is 23.8 Å². The lowest BCUT2D eigenvalue weighted by Gasteiger charge is -2.02. The Morgan fingerprint density at radius 2 is 2.19 bits per heavy atom. The van der Waals surface area contributed by atoms with Gasteiger partial charge in [-0.3, -0.25) is 0 Å². The first-order valence-electron chi connectivity index (χ1n) is 5.27. The van der Waals surface area contributed by atoms with E-state index in [9.17, 15) is 0 Å². The number of aromatic nitrogens is 2. The normalized spacial score (nSPS) is 11.2. The SMILES string of the molecule is Cc1sc2ncnc(SCCCN)c2c1C. The summed E-state index contributed by atoms with van der Waals surface area (Å²) in [5.74, 6) is 1.02. The van der Waals surface area contributed by atoms with Crippen LogP contribution in [0, 0.1) is 13.8 Å². The summed E-state index contributed by atoms with van der Waals surface area (Å²) in [6.45, 7) is 5.02. The molecule has 0 saturated carbocycles. The molecule has 0 bridgehead atoms. The number of hydrogen-bond acceptors (Lipinski definition) is 5. The number of nitrogens with zero attached hydrogens (tertiary/aromatic N) is 2. The van der Waals surface area contributed by atoms with Gasteiger partial charge in [-0.05, 0) is 32.4 Å². The maximum Gasteiger partial charge on any atom is 0.128 e. The number of aryl methyl sites for hydroxylation is 2. The van der Waals surface area contributed by atoms with Gasteiger partial charge in [0.05, 0.1) is 0 Å². The van der Waals surface area contributed by atoms with Crippen LogP contribution in [0.15, 0.2) is 11.4 Å². The van der Waals surface area contributed by atoms with Gasteiger partial charge in [0.15, 0.2) is 0 Å². The van der Waals surface area contributed by atoms with Crippen molar-refractivity contribution in [2.75, 3.05) is 12.3 Å². The Kier molecular flexibility index (Phi) is 3.78. The van der Waals surface area contributed by atoms with E-state index in [4.69, 9.17) is 5.73 Å². The second-order valence-corrected chi connectivity index (χ2v) is 5.92. The summed E-state index contributed by atoms with van der Waals surface area (Å²) in [6.07, 6.45) is 2.68. The van der Waals surface area contributed by atoms with Gasteiger partial charge in [0, 0.05) is 16.0 Å². The Hall–Kier alpha value is -0.650. The molecule has 16 heavy (non-hydrogen) atoms. The third kappa shape index (κ3) is 2.21. The number of rotatable bonds is 4. The van der Waals surface area contributed by atoms with Crippen molar-refractivity contribution in [3.05, 3.63) is 16.8 Å². The molecule has 0 aliphatic rings. The average Bonchev–Trinajstić information content (AvgIpc) is 2.56. The second kappa shape index (κ2) is 5.12. The molecule has 5 heteroatoms. The van der Waals surface area contributed by atoms with E-state index in [1.807, 2.05) is 0 Å². The predicted octanol–water partition coefficient (Wildman–Crippen LogP) is 2.75. The molecule has 2 aromatic heterocycles. The maximum absolute atomic E-state index is 5.50. The Morgan fingerprint density at radius 3 is 2.94 bits per heavy atom. The molecule has 0 fully saturated rings. The van der Waals surface area contributed by atoms with Crippen molar-refractivity contribution < 1.29 is 0 Å². The molecule has 0 aromatic carbocycles. The van der Waals surface area contributed by atoms with E-state index < -0.39 is 0 Å². The van der Waals surface area contributed by atoms with Crippen LogP contribution in [-0.4, -0.2) is 22.3 Å². The number of nitrogens with two attached hydrogens (primary N) is 1. The lowest BCUT2D eigenvalue weighted by atomic mass is 10.2. The highest BCUT2D eigenvalue weighted by Crippen LogP contribution is 2.34. The van der Waals surface area contributed by atoms with Gasteiger partial charge in [0.2, 0.25) is 0 Å². The first kappa shape index (κ1) is 11.8. The van der Waals surface area contributed by atoms with Crippen LogP contribution in [0.25, 0.3) is 10.2 Å². The zero-order valence-electron chi connectivity index (χ0n) is 9.49. The van der Waals surface area contributed by atoms with Crippen molar-refractivity contribution in [3.63, 3.8) is 0 Å². The molecule has 0 saturated heterocycles. The molecule has 0 aliphatic heterocycles. The highest BCUT2D eigenvalue weighted by atomic mass is 32.2. The lowest BCUT2D eigenvalue weighted by molar-refractivity contribution is 0.941. The monoisotopic (exact) mass is 253 g/mol.